The summed E-state index contributed by atoms with van der Waals surface area (Å²) >= 11 is 0. The number of nitrogens with one attached hydrogen (secondary N) is 1. The molecule has 1 saturated heterocycles. The second-order valence-electron chi connectivity index (χ2n) is 10.8. The number of amides is 1. The van der Waals surface area contributed by atoms with Crippen LogP contribution in [0.1, 0.15) is 53.9 Å². The summed E-state index contributed by atoms with van der Waals surface area (Å²) in [5.74, 6) is 0.783. The van der Waals surface area contributed by atoms with E-state index in [1.807, 2.05) is 0 Å². The van der Waals surface area contributed by atoms with E-state index in [1.165, 1.54) is 6.42 Å². The molecule has 34 heavy (non-hydrogen) atoms. The first kappa shape index (κ1) is 31.3. The summed E-state index contributed by atoms with van der Waals surface area (Å²) in [7, 11) is 0. The predicted molar refractivity (Wildman–Crippen MR) is 137 cm³/mol. The van der Waals surface area contributed by atoms with Crippen molar-refractivity contribution >= 4 is 5.91 Å². The van der Waals surface area contributed by atoms with Crippen molar-refractivity contribution in [3.8, 4) is 0 Å². The lowest BCUT2D eigenvalue weighted by Gasteiger charge is -2.37. The molecule has 0 aromatic rings. The summed E-state index contributed by atoms with van der Waals surface area (Å²) in [6.07, 6.45) is 2.70. The molecule has 1 N–H and O–H groups in total. The molecule has 8 heteroatoms. The normalized spacial score (nSPS) is 15.8. The Kier molecular flexibility index (Phi) is 17.9. The third-order valence-corrected chi connectivity index (χ3v) is 5.57. The van der Waals surface area contributed by atoms with Crippen LogP contribution in [0.25, 0.3) is 0 Å². The number of carbonyl (C=O) groups excluding carboxylic acids is 1. The minimum absolute atomic E-state index is 0.0483. The molecule has 1 heterocycles. The van der Waals surface area contributed by atoms with Crippen LogP contribution >= 0.6 is 0 Å². The van der Waals surface area contributed by atoms with Crippen molar-refractivity contribution < 1.29 is 23.7 Å². The van der Waals surface area contributed by atoms with Crippen LogP contribution in [0.2, 0.25) is 0 Å². The van der Waals surface area contributed by atoms with E-state index >= 15 is 0 Å². The molecule has 1 amide bonds. The molecule has 1 rings (SSSR count). The van der Waals surface area contributed by atoms with Crippen molar-refractivity contribution in [2.75, 3.05) is 98.7 Å². The van der Waals surface area contributed by atoms with Crippen LogP contribution in [0.4, 0.5) is 0 Å². The average molecular weight is 488 g/mol. The lowest BCUT2D eigenvalue weighted by Crippen LogP contribution is -2.50. The van der Waals surface area contributed by atoms with Crippen molar-refractivity contribution in [2.45, 2.75) is 53.9 Å². The zero-order valence-corrected chi connectivity index (χ0v) is 22.7. The molecular weight excluding hydrogens is 434 g/mol. The smallest absolute Gasteiger partial charge is 0.222 e. The molecule has 0 radical (unpaired) electrons. The van der Waals surface area contributed by atoms with Crippen molar-refractivity contribution in [3.63, 3.8) is 0 Å². The van der Waals surface area contributed by atoms with Crippen LogP contribution in [-0.4, -0.2) is 114 Å². The summed E-state index contributed by atoms with van der Waals surface area (Å²) in [5, 5.41) is 3.00. The first-order valence-electron chi connectivity index (χ1n) is 13.3. The Balaban J connectivity index is 1.81. The van der Waals surface area contributed by atoms with Gasteiger partial charge in [0, 0.05) is 58.8 Å². The molecule has 0 aliphatic carbocycles. The predicted octanol–water partition coefficient (Wildman–Crippen LogP) is 2.66. The highest BCUT2D eigenvalue weighted by Gasteiger charge is 2.21. The minimum Gasteiger partial charge on any atom is -0.379 e. The highest BCUT2D eigenvalue weighted by atomic mass is 16.6. The molecule has 1 aliphatic rings. The maximum atomic E-state index is 12.0. The monoisotopic (exact) mass is 487 g/mol. The van der Waals surface area contributed by atoms with Crippen LogP contribution in [-0.2, 0) is 23.7 Å². The van der Waals surface area contributed by atoms with Crippen LogP contribution < -0.4 is 5.32 Å². The lowest BCUT2D eigenvalue weighted by atomic mass is 9.96. The zero-order chi connectivity index (χ0) is 25.1. The van der Waals surface area contributed by atoms with Crippen LogP contribution in [0, 0.1) is 11.3 Å². The van der Waals surface area contributed by atoms with Crippen molar-refractivity contribution in [1.82, 2.24) is 15.1 Å². The van der Waals surface area contributed by atoms with Gasteiger partial charge in [-0.1, -0.05) is 34.6 Å². The highest BCUT2D eigenvalue weighted by Crippen LogP contribution is 2.16. The Morgan fingerprint density at radius 1 is 0.794 bits per heavy atom. The Morgan fingerprint density at radius 3 is 1.82 bits per heavy atom. The van der Waals surface area contributed by atoms with Gasteiger partial charge in [0.25, 0.3) is 0 Å². The number of piperazine rings is 1. The van der Waals surface area contributed by atoms with E-state index in [0.29, 0.717) is 64.6 Å². The first-order valence-corrected chi connectivity index (χ1v) is 13.3. The van der Waals surface area contributed by atoms with Crippen LogP contribution in [0.3, 0.4) is 0 Å². The topological polar surface area (TPSA) is 72.5 Å². The quantitative estimate of drug-likeness (QED) is 0.265. The van der Waals surface area contributed by atoms with Gasteiger partial charge in [0.05, 0.1) is 46.2 Å². The molecule has 0 unspecified atom stereocenters. The average Bonchev–Trinajstić information content (AvgIpc) is 2.76. The third-order valence-electron chi connectivity index (χ3n) is 5.57. The van der Waals surface area contributed by atoms with Crippen LogP contribution in [0.15, 0.2) is 0 Å². The van der Waals surface area contributed by atoms with Gasteiger partial charge >= 0.3 is 0 Å². The number of rotatable bonds is 20. The van der Waals surface area contributed by atoms with Gasteiger partial charge in [-0.25, -0.2) is 0 Å². The van der Waals surface area contributed by atoms with Gasteiger partial charge in [0.2, 0.25) is 5.91 Å². The molecule has 1 aliphatic heterocycles. The SMILES string of the molecule is CC(C)CCCOCCOCCOCCOCCC(=O)NCCN1CCN(CC(C)(C)C)CC1. The summed E-state index contributed by atoms with van der Waals surface area (Å²) < 4.78 is 22.0. The van der Waals surface area contributed by atoms with Crippen molar-refractivity contribution in [1.29, 1.82) is 0 Å². The van der Waals surface area contributed by atoms with Gasteiger partial charge in [0.15, 0.2) is 0 Å². The van der Waals surface area contributed by atoms with E-state index in [-0.39, 0.29) is 5.91 Å². The second kappa shape index (κ2) is 19.4. The van der Waals surface area contributed by atoms with E-state index in [4.69, 9.17) is 18.9 Å². The summed E-state index contributed by atoms with van der Waals surface area (Å²) in [6.45, 7) is 23.0. The number of nitrogens with zero attached hydrogens (tertiary/aromatic N) is 2. The number of hydrogen-bond donors (Lipinski definition) is 1. The highest BCUT2D eigenvalue weighted by molar-refractivity contribution is 5.75. The minimum atomic E-state index is 0.0483. The molecule has 0 bridgehead atoms. The second-order valence-corrected chi connectivity index (χ2v) is 10.8. The summed E-state index contributed by atoms with van der Waals surface area (Å²) in [4.78, 5) is 16.9. The summed E-state index contributed by atoms with van der Waals surface area (Å²) in [5.41, 5.74) is 0.348. The molecule has 0 saturated carbocycles. The fourth-order valence-electron chi connectivity index (χ4n) is 3.80. The van der Waals surface area contributed by atoms with E-state index in [0.717, 1.165) is 58.2 Å². The maximum Gasteiger partial charge on any atom is 0.222 e. The number of hydrogen-bond acceptors (Lipinski definition) is 7. The lowest BCUT2D eigenvalue weighted by molar-refractivity contribution is -0.122. The van der Waals surface area contributed by atoms with Gasteiger partial charge in [-0.15, -0.1) is 0 Å². The largest absolute Gasteiger partial charge is 0.379 e. The van der Waals surface area contributed by atoms with Crippen molar-refractivity contribution in [3.05, 3.63) is 0 Å². The summed E-state index contributed by atoms with van der Waals surface area (Å²) in [6, 6.07) is 0. The first-order chi connectivity index (χ1) is 16.3. The molecule has 8 nitrogen and oxygen atoms in total. The third kappa shape index (κ3) is 19.5. The zero-order valence-electron chi connectivity index (χ0n) is 22.7. The molecule has 0 aromatic heterocycles. The molecule has 0 aromatic carbocycles. The maximum absolute atomic E-state index is 12.0. The molecule has 1 fully saturated rings. The van der Waals surface area contributed by atoms with E-state index < -0.39 is 0 Å². The Labute approximate surface area is 209 Å². The fraction of sp³-hybridized carbons (Fsp3) is 0.962. The van der Waals surface area contributed by atoms with Gasteiger partial charge in [-0.3, -0.25) is 9.69 Å². The van der Waals surface area contributed by atoms with Gasteiger partial charge in [0.1, 0.15) is 0 Å². The van der Waals surface area contributed by atoms with E-state index in [1.54, 1.807) is 0 Å². The molecule has 0 atom stereocenters. The van der Waals surface area contributed by atoms with Crippen LogP contribution in [0.5, 0.6) is 0 Å². The number of ether oxygens (including phenoxy) is 4. The molecule has 202 valence electrons. The fourth-order valence-corrected chi connectivity index (χ4v) is 3.80. The standard InChI is InChI=1S/C26H53N3O5/c1-24(2)7-6-15-31-17-19-33-21-22-34-20-18-32-16-8-25(30)27-9-10-28-11-13-29(14-12-28)23-26(3,4)5/h24H,6-23H2,1-5H3,(H,27,30). The number of carbonyl (C=O) groups is 1. The Bertz CT molecular complexity index is 491. The van der Waals surface area contributed by atoms with Gasteiger partial charge < -0.3 is 29.2 Å². The van der Waals surface area contributed by atoms with Crippen molar-refractivity contribution in [2.24, 2.45) is 11.3 Å². The Hall–Kier alpha value is -0.770. The van der Waals surface area contributed by atoms with Gasteiger partial charge in [-0.2, -0.15) is 0 Å². The van der Waals surface area contributed by atoms with Gasteiger partial charge in [-0.05, 0) is 24.2 Å². The van der Waals surface area contributed by atoms with E-state index in [9.17, 15) is 4.79 Å². The molecular formula is C26H53N3O5. The Morgan fingerprint density at radius 2 is 1.29 bits per heavy atom. The molecule has 0 spiro atoms. The van der Waals surface area contributed by atoms with E-state index in [2.05, 4.69) is 49.7 Å².